The van der Waals surface area contributed by atoms with Crippen LogP contribution < -0.4 is 9.80 Å². The second-order valence-electron chi connectivity index (χ2n) is 18.6. The molecule has 4 nitrogen and oxygen atoms in total. The van der Waals surface area contributed by atoms with Crippen LogP contribution in [0.1, 0.15) is 36.5 Å². The first-order valence-corrected chi connectivity index (χ1v) is 24.9. The number of allylic oxidation sites excluding steroid dienone is 5. The molecule has 9 aromatic carbocycles. The number of anilines is 5. The van der Waals surface area contributed by atoms with Crippen LogP contribution >= 0.6 is 0 Å². The van der Waals surface area contributed by atoms with Crippen molar-refractivity contribution in [2.45, 2.75) is 26.7 Å². The Morgan fingerprint density at radius 1 is 0.431 bits per heavy atom. The van der Waals surface area contributed by atoms with Crippen LogP contribution in [0, 0.1) is 6.92 Å². The summed E-state index contributed by atoms with van der Waals surface area (Å²) in [4.78, 5) is 4.78. The summed E-state index contributed by atoms with van der Waals surface area (Å²) in [5.74, 6) is 0. The number of nitrogens with zero attached hydrogens (tertiary/aromatic N) is 4. The SMILES string of the molecule is C=Cc1ccc(-n2c3ccccc3c3cc(N(C4=CCC=C(CC)C=C4)c4ccc(-c5ccc(N(c6ccc(C)cc6)c6ccc7c(c6)c6ccccc6n7-c6ccc(C=C)cc6)cc5)cc4)ccc32)cc1. The predicted molar refractivity (Wildman–Crippen MR) is 309 cm³/mol. The Kier molecular flexibility index (Phi) is 11.4. The fourth-order valence-corrected chi connectivity index (χ4v) is 10.6. The lowest BCUT2D eigenvalue weighted by Gasteiger charge is -2.27. The Hall–Kier alpha value is -9.12. The Morgan fingerprint density at radius 3 is 1.35 bits per heavy atom. The highest BCUT2D eigenvalue weighted by molar-refractivity contribution is 6.12. The van der Waals surface area contributed by atoms with Gasteiger partial charge in [-0.3, -0.25) is 0 Å². The third-order valence-electron chi connectivity index (χ3n) is 14.3. The van der Waals surface area contributed by atoms with Gasteiger partial charge in [0.1, 0.15) is 0 Å². The number of hydrogen-bond acceptors (Lipinski definition) is 2. The molecule has 72 heavy (non-hydrogen) atoms. The van der Waals surface area contributed by atoms with Crippen molar-refractivity contribution in [3.8, 4) is 22.5 Å². The van der Waals surface area contributed by atoms with Crippen LogP contribution in [0.2, 0.25) is 0 Å². The summed E-state index contributed by atoms with van der Waals surface area (Å²) < 4.78 is 4.74. The zero-order valence-electron chi connectivity index (χ0n) is 40.7. The van der Waals surface area contributed by atoms with Gasteiger partial charge in [0, 0.05) is 67.1 Å². The van der Waals surface area contributed by atoms with Gasteiger partial charge in [-0.25, -0.2) is 0 Å². The molecule has 2 heterocycles. The van der Waals surface area contributed by atoms with Crippen LogP contribution in [-0.4, -0.2) is 9.13 Å². The van der Waals surface area contributed by atoms with Crippen LogP contribution in [0.5, 0.6) is 0 Å². The number of hydrogen-bond donors (Lipinski definition) is 0. The van der Waals surface area contributed by atoms with Crippen molar-refractivity contribution in [2.75, 3.05) is 9.80 Å². The number of aryl methyl sites for hydroxylation is 1. The highest BCUT2D eigenvalue weighted by Crippen LogP contribution is 2.42. The van der Waals surface area contributed by atoms with Crippen molar-refractivity contribution >= 4 is 84.2 Å². The highest BCUT2D eigenvalue weighted by Gasteiger charge is 2.21. The maximum atomic E-state index is 3.97. The molecule has 0 atom stereocenters. The van der Waals surface area contributed by atoms with Crippen molar-refractivity contribution in [1.29, 1.82) is 0 Å². The first-order valence-electron chi connectivity index (χ1n) is 24.9. The number of aromatic nitrogens is 2. The lowest BCUT2D eigenvalue weighted by molar-refractivity contribution is 1.13. The molecular formula is C68H54N4. The van der Waals surface area contributed by atoms with Gasteiger partial charge in [-0.2, -0.15) is 0 Å². The standard InChI is InChI=1S/C68H54N4/c1-5-48-13-12-14-53(32-21-48)69(59-41-43-67-63(45-59)61-15-8-10-17-65(61)71(67)57-33-22-49(6-2)23-34-57)55-37-26-51(27-38-55)52-28-39-56(40-29-52)70(54-30-19-47(4)20-31-54)60-42-44-68-64(46-60)62-16-9-11-18-66(62)72(68)58-35-24-50(7-3)25-36-58/h6-11,13-46H,2-3,5,12H2,1,4H3. The molecule has 0 amide bonds. The number of para-hydroxylation sites is 2. The first-order chi connectivity index (χ1) is 35.5. The van der Waals surface area contributed by atoms with E-state index in [-0.39, 0.29) is 0 Å². The van der Waals surface area contributed by atoms with E-state index in [1.165, 1.54) is 54.7 Å². The van der Waals surface area contributed by atoms with Crippen molar-refractivity contribution in [2.24, 2.45) is 0 Å². The van der Waals surface area contributed by atoms with E-state index in [0.717, 1.165) is 80.6 Å². The fourth-order valence-electron chi connectivity index (χ4n) is 10.6. The topological polar surface area (TPSA) is 16.3 Å². The normalized spacial score (nSPS) is 12.5. The van der Waals surface area contributed by atoms with E-state index in [4.69, 9.17) is 0 Å². The zero-order valence-corrected chi connectivity index (χ0v) is 40.7. The Balaban J connectivity index is 0.907. The van der Waals surface area contributed by atoms with E-state index in [2.05, 4.69) is 276 Å². The second-order valence-corrected chi connectivity index (χ2v) is 18.6. The van der Waals surface area contributed by atoms with Crippen LogP contribution in [0.4, 0.5) is 28.4 Å². The molecule has 0 aliphatic heterocycles. The summed E-state index contributed by atoms with van der Waals surface area (Å²) in [5.41, 5.74) is 20.7. The quantitative estimate of drug-likeness (QED) is 0.121. The summed E-state index contributed by atoms with van der Waals surface area (Å²) in [7, 11) is 0. The smallest absolute Gasteiger partial charge is 0.0542 e. The molecule has 0 fully saturated rings. The maximum absolute atomic E-state index is 3.97. The molecule has 0 unspecified atom stereocenters. The minimum Gasteiger partial charge on any atom is -0.311 e. The molecule has 12 rings (SSSR count). The molecule has 0 saturated heterocycles. The Labute approximate surface area is 422 Å². The van der Waals surface area contributed by atoms with Gasteiger partial charge in [0.15, 0.2) is 0 Å². The molecule has 11 aromatic rings. The van der Waals surface area contributed by atoms with Crippen molar-refractivity contribution < 1.29 is 0 Å². The molecule has 0 radical (unpaired) electrons. The second kappa shape index (κ2) is 18.7. The third-order valence-corrected chi connectivity index (χ3v) is 14.3. The van der Waals surface area contributed by atoms with E-state index < -0.39 is 0 Å². The number of fused-ring (bicyclic) bond motifs is 6. The van der Waals surface area contributed by atoms with Crippen molar-refractivity contribution in [3.05, 3.63) is 272 Å². The average molecular weight is 927 g/mol. The number of rotatable bonds is 12. The summed E-state index contributed by atoms with van der Waals surface area (Å²) in [6, 6.07) is 75.4. The molecule has 2 aromatic heterocycles. The molecule has 346 valence electrons. The lowest BCUT2D eigenvalue weighted by atomic mass is 10.0. The van der Waals surface area contributed by atoms with Gasteiger partial charge < -0.3 is 18.9 Å². The molecule has 1 aliphatic rings. The lowest BCUT2D eigenvalue weighted by Crippen LogP contribution is -2.15. The summed E-state index contributed by atoms with van der Waals surface area (Å²) in [6.07, 6.45) is 14.9. The van der Waals surface area contributed by atoms with E-state index in [1.54, 1.807) is 0 Å². The van der Waals surface area contributed by atoms with Crippen LogP contribution in [0.3, 0.4) is 0 Å². The average Bonchev–Trinajstić information content (AvgIpc) is 3.83. The van der Waals surface area contributed by atoms with Gasteiger partial charge in [-0.1, -0.05) is 159 Å². The summed E-state index contributed by atoms with van der Waals surface area (Å²) in [6.45, 7) is 12.3. The first kappa shape index (κ1) is 44.1. The minimum atomic E-state index is 0.871. The van der Waals surface area contributed by atoms with Crippen LogP contribution in [0.15, 0.2) is 255 Å². The third kappa shape index (κ3) is 7.93. The molecule has 4 heteroatoms. The molecule has 0 N–H and O–H groups in total. The summed E-state index contributed by atoms with van der Waals surface area (Å²) >= 11 is 0. The van der Waals surface area contributed by atoms with E-state index >= 15 is 0 Å². The van der Waals surface area contributed by atoms with E-state index in [1.807, 2.05) is 12.2 Å². The Morgan fingerprint density at radius 2 is 0.861 bits per heavy atom. The van der Waals surface area contributed by atoms with Gasteiger partial charge in [0.25, 0.3) is 0 Å². The maximum Gasteiger partial charge on any atom is 0.0542 e. The minimum absolute atomic E-state index is 0.871. The molecule has 0 spiro atoms. The van der Waals surface area contributed by atoms with E-state index in [9.17, 15) is 0 Å². The van der Waals surface area contributed by atoms with Gasteiger partial charge >= 0.3 is 0 Å². The molecule has 0 saturated carbocycles. The number of benzene rings is 9. The van der Waals surface area contributed by atoms with Crippen molar-refractivity contribution in [3.63, 3.8) is 0 Å². The van der Waals surface area contributed by atoms with Gasteiger partial charge in [0.05, 0.1) is 22.1 Å². The van der Waals surface area contributed by atoms with Crippen LogP contribution in [-0.2, 0) is 0 Å². The predicted octanol–water partition coefficient (Wildman–Crippen LogP) is 18.9. The van der Waals surface area contributed by atoms with Gasteiger partial charge in [-0.05, 0) is 157 Å². The molecular weight excluding hydrogens is 873 g/mol. The monoisotopic (exact) mass is 926 g/mol. The zero-order chi connectivity index (χ0) is 48.7. The fraction of sp³-hybridized carbons (Fsp3) is 0.0588. The largest absolute Gasteiger partial charge is 0.311 e. The molecule has 1 aliphatic carbocycles. The van der Waals surface area contributed by atoms with Crippen molar-refractivity contribution in [1.82, 2.24) is 9.13 Å². The highest BCUT2D eigenvalue weighted by atomic mass is 15.2. The van der Waals surface area contributed by atoms with Crippen LogP contribution in [0.25, 0.3) is 78.3 Å². The van der Waals surface area contributed by atoms with Gasteiger partial charge in [0.2, 0.25) is 0 Å². The Bertz CT molecular complexity index is 3930. The van der Waals surface area contributed by atoms with Gasteiger partial charge in [-0.15, -0.1) is 0 Å². The summed E-state index contributed by atoms with van der Waals surface area (Å²) in [5, 5.41) is 4.86. The molecule has 0 bridgehead atoms. The van der Waals surface area contributed by atoms with E-state index in [0.29, 0.717) is 0 Å².